The molecule has 0 radical (unpaired) electrons. The van der Waals surface area contributed by atoms with E-state index < -0.39 is 5.97 Å². The minimum atomic E-state index is -0.401. The normalized spacial score (nSPS) is 16.4. The van der Waals surface area contributed by atoms with Crippen molar-refractivity contribution < 1.29 is 18.7 Å². The Bertz CT molecular complexity index is 1100. The number of carbonyl (C=O) groups excluding carboxylic acids is 2. The molecule has 0 unspecified atom stereocenters. The third-order valence-corrected chi connectivity index (χ3v) is 5.40. The van der Waals surface area contributed by atoms with Crippen molar-refractivity contribution in [1.82, 2.24) is 4.90 Å². The third-order valence-electron chi connectivity index (χ3n) is 4.39. The number of amides is 1. The van der Waals surface area contributed by atoms with Crippen LogP contribution in [0, 0.1) is 0 Å². The lowest BCUT2D eigenvalue weighted by Crippen LogP contribution is -2.28. The van der Waals surface area contributed by atoms with Crippen molar-refractivity contribution >= 4 is 40.6 Å². The molecule has 30 heavy (non-hydrogen) atoms. The van der Waals surface area contributed by atoms with Gasteiger partial charge in [0.2, 0.25) is 0 Å². The average Bonchev–Trinajstić information content (AvgIpc) is 3.39. The van der Waals surface area contributed by atoms with Gasteiger partial charge in [-0.1, -0.05) is 30.3 Å². The number of thioether (sulfide) groups is 1. The van der Waals surface area contributed by atoms with Crippen molar-refractivity contribution in [3.8, 4) is 0 Å². The fraction of sp³-hybridized carbons (Fsp3) is 0.0870. The molecule has 150 valence electrons. The van der Waals surface area contributed by atoms with Crippen LogP contribution in [0.5, 0.6) is 0 Å². The predicted octanol–water partition coefficient (Wildman–Crippen LogP) is 4.87. The van der Waals surface area contributed by atoms with Gasteiger partial charge in [0.1, 0.15) is 5.76 Å². The van der Waals surface area contributed by atoms with Crippen LogP contribution in [0.1, 0.15) is 21.7 Å². The molecule has 1 saturated heterocycles. The Morgan fingerprint density at radius 1 is 1.10 bits per heavy atom. The first-order valence-corrected chi connectivity index (χ1v) is 10.0. The second-order valence-electron chi connectivity index (χ2n) is 6.42. The lowest BCUT2D eigenvalue weighted by Gasteiger charge is -2.13. The number of methoxy groups -OCH3 is 1. The highest BCUT2D eigenvalue weighted by atomic mass is 32.2. The maximum absolute atomic E-state index is 13.1. The number of hydrogen-bond acceptors (Lipinski definition) is 6. The van der Waals surface area contributed by atoms with Gasteiger partial charge in [0, 0.05) is 0 Å². The maximum atomic E-state index is 13.1. The summed E-state index contributed by atoms with van der Waals surface area (Å²) in [4.78, 5) is 31.5. The van der Waals surface area contributed by atoms with Crippen molar-refractivity contribution in [3.05, 3.63) is 94.8 Å². The molecule has 3 aromatic rings. The van der Waals surface area contributed by atoms with Gasteiger partial charge in [-0.25, -0.2) is 9.79 Å². The molecule has 1 aliphatic rings. The highest BCUT2D eigenvalue weighted by Gasteiger charge is 2.34. The van der Waals surface area contributed by atoms with Gasteiger partial charge in [-0.2, -0.15) is 0 Å². The van der Waals surface area contributed by atoms with Gasteiger partial charge in [0.15, 0.2) is 5.17 Å². The minimum absolute atomic E-state index is 0.150. The van der Waals surface area contributed by atoms with Crippen molar-refractivity contribution in [2.75, 3.05) is 7.11 Å². The second kappa shape index (κ2) is 8.84. The van der Waals surface area contributed by atoms with E-state index in [2.05, 4.69) is 4.99 Å². The van der Waals surface area contributed by atoms with E-state index in [1.54, 1.807) is 47.6 Å². The van der Waals surface area contributed by atoms with Crippen LogP contribution in [0.25, 0.3) is 6.08 Å². The summed E-state index contributed by atoms with van der Waals surface area (Å²) in [6.07, 6.45) is 3.37. The number of aliphatic imine (C=N–C) groups is 1. The Morgan fingerprint density at radius 3 is 2.53 bits per heavy atom. The van der Waals surface area contributed by atoms with Crippen LogP contribution in [-0.2, 0) is 16.1 Å². The lowest BCUT2D eigenvalue weighted by molar-refractivity contribution is -0.122. The molecular weight excluding hydrogens is 400 g/mol. The zero-order chi connectivity index (χ0) is 20.9. The first kappa shape index (κ1) is 19.7. The molecule has 1 aromatic heterocycles. The van der Waals surface area contributed by atoms with Crippen LogP contribution >= 0.6 is 11.8 Å². The Balaban J connectivity index is 1.64. The van der Waals surface area contributed by atoms with Crippen LogP contribution in [0.15, 0.2) is 87.3 Å². The molecule has 6 nitrogen and oxygen atoms in total. The van der Waals surface area contributed by atoms with Gasteiger partial charge in [0.25, 0.3) is 5.91 Å². The number of benzene rings is 2. The Hall–Kier alpha value is -3.58. The van der Waals surface area contributed by atoms with Gasteiger partial charge in [0.05, 0.1) is 36.1 Å². The van der Waals surface area contributed by atoms with E-state index in [-0.39, 0.29) is 5.91 Å². The van der Waals surface area contributed by atoms with E-state index in [0.717, 1.165) is 11.3 Å². The molecular formula is C23H18N2O4S. The van der Waals surface area contributed by atoms with Crippen LogP contribution in [-0.4, -0.2) is 29.1 Å². The fourth-order valence-corrected chi connectivity index (χ4v) is 3.88. The third kappa shape index (κ3) is 4.36. The van der Waals surface area contributed by atoms with E-state index in [4.69, 9.17) is 9.15 Å². The number of ether oxygens (including phenoxy) is 1. The number of hydrogen-bond donors (Lipinski definition) is 0. The molecule has 7 heteroatoms. The summed E-state index contributed by atoms with van der Waals surface area (Å²) in [7, 11) is 1.34. The summed E-state index contributed by atoms with van der Waals surface area (Å²) < 4.78 is 10.1. The second-order valence-corrected chi connectivity index (χ2v) is 7.43. The van der Waals surface area contributed by atoms with Crippen LogP contribution in [0.4, 0.5) is 5.69 Å². The van der Waals surface area contributed by atoms with E-state index in [9.17, 15) is 9.59 Å². The first-order chi connectivity index (χ1) is 14.6. The van der Waals surface area contributed by atoms with E-state index in [1.807, 2.05) is 36.4 Å². The van der Waals surface area contributed by atoms with E-state index in [1.165, 1.54) is 18.9 Å². The minimum Gasteiger partial charge on any atom is -0.467 e. The number of amidine groups is 1. The summed E-state index contributed by atoms with van der Waals surface area (Å²) in [6, 6.07) is 20.0. The highest BCUT2D eigenvalue weighted by molar-refractivity contribution is 8.18. The molecule has 0 bridgehead atoms. The molecule has 1 aliphatic heterocycles. The molecule has 2 heterocycles. The maximum Gasteiger partial charge on any atom is 0.337 e. The Morgan fingerprint density at radius 2 is 1.87 bits per heavy atom. The molecule has 0 N–H and O–H groups in total. The Kier molecular flexibility index (Phi) is 5.81. The van der Waals surface area contributed by atoms with Crippen LogP contribution < -0.4 is 0 Å². The standard InChI is InChI=1S/C23H18N2O4S/c1-28-22(27)17-11-9-16(10-12-17)14-20-21(26)25(15-19-8-5-13-29-19)23(30-20)24-18-6-3-2-4-7-18/h2-14H,15H2,1H3/b20-14+,24-23?. The van der Waals surface area contributed by atoms with Crippen molar-refractivity contribution in [2.45, 2.75) is 6.54 Å². The van der Waals surface area contributed by atoms with E-state index in [0.29, 0.717) is 27.9 Å². The predicted molar refractivity (Wildman–Crippen MR) is 116 cm³/mol. The van der Waals surface area contributed by atoms with Crippen molar-refractivity contribution in [3.63, 3.8) is 0 Å². The number of nitrogens with zero attached hydrogens (tertiary/aromatic N) is 2. The molecule has 0 aliphatic carbocycles. The van der Waals surface area contributed by atoms with Gasteiger partial charge in [-0.05, 0) is 59.8 Å². The molecule has 4 rings (SSSR count). The molecule has 1 fully saturated rings. The first-order valence-electron chi connectivity index (χ1n) is 9.20. The number of para-hydroxylation sites is 1. The molecule has 0 atom stereocenters. The molecule has 2 aromatic carbocycles. The SMILES string of the molecule is COC(=O)c1ccc(/C=C2/SC(=Nc3ccccc3)N(Cc3ccco3)C2=O)cc1. The summed E-state index contributed by atoms with van der Waals surface area (Å²) in [5.74, 6) is 0.124. The van der Waals surface area contributed by atoms with Crippen molar-refractivity contribution in [1.29, 1.82) is 0 Å². The Labute approximate surface area is 177 Å². The number of esters is 1. The number of furan rings is 1. The monoisotopic (exact) mass is 418 g/mol. The molecule has 0 saturated carbocycles. The largest absolute Gasteiger partial charge is 0.467 e. The van der Waals surface area contributed by atoms with Gasteiger partial charge < -0.3 is 9.15 Å². The number of rotatable bonds is 5. The summed E-state index contributed by atoms with van der Waals surface area (Å²) in [6.45, 7) is 0.295. The highest BCUT2D eigenvalue weighted by Crippen LogP contribution is 2.35. The average molecular weight is 418 g/mol. The smallest absolute Gasteiger partial charge is 0.337 e. The molecule has 1 amide bonds. The summed E-state index contributed by atoms with van der Waals surface area (Å²) in [5.41, 5.74) is 2.02. The van der Waals surface area contributed by atoms with Crippen molar-refractivity contribution in [2.24, 2.45) is 4.99 Å². The topological polar surface area (TPSA) is 72.1 Å². The van der Waals surface area contributed by atoms with Gasteiger partial charge in [-0.3, -0.25) is 9.69 Å². The lowest BCUT2D eigenvalue weighted by atomic mass is 10.1. The van der Waals surface area contributed by atoms with E-state index >= 15 is 0 Å². The summed E-state index contributed by atoms with van der Waals surface area (Å²) >= 11 is 1.31. The van der Waals surface area contributed by atoms with Gasteiger partial charge in [-0.15, -0.1) is 0 Å². The quantitative estimate of drug-likeness (QED) is 0.437. The number of carbonyl (C=O) groups is 2. The fourth-order valence-electron chi connectivity index (χ4n) is 2.89. The summed E-state index contributed by atoms with van der Waals surface area (Å²) in [5, 5.41) is 0.583. The van der Waals surface area contributed by atoms with Gasteiger partial charge >= 0.3 is 5.97 Å². The zero-order valence-corrected chi connectivity index (χ0v) is 17.0. The van der Waals surface area contributed by atoms with Crippen LogP contribution in [0.3, 0.4) is 0 Å². The zero-order valence-electron chi connectivity index (χ0n) is 16.1. The molecule has 0 spiro atoms. The van der Waals surface area contributed by atoms with Crippen LogP contribution in [0.2, 0.25) is 0 Å².